The van der Waals surface area contributed by atoms with Crippen LogP contribution in [0.2, 0.25) is 0 Å². The molecule has 0 radical (unpaired) electrons. The van der Waals surface area contributed by atoms with Gasteiger partial charge in [0.2, 0.25) is 29.5 Å². The summed E-state index contributed by atoms with van der Waals surface area (Å²) in [5.74, 6) is -13.7. The number of Topliss-reactive ketones (excluding diaryl/α,β-unsaturated/α-hetero) is 2. The third-order valence-corrected chi connectivity index (χ3v) is 12.6. The molecule has 32 heteroatoms. The van der Waals surface area contributed by atoms with E-state index in [9.17, 15) is 114 Å². The highest BCUT2D eigenvalue weighted by atomic mass is 16.4. The Morgan fingerprint density at radius 2 is 0.808 bits per heavy atom. The number of aldehydes is 1. The van der Waals surface area contributed by atoms with Crippen LogP contribution in [-0.4, -0.2) is 266 Å². The van der Waals surface area contributed by atoms with Crippen molar-refractivity contribution >= 4 is 59.3 Å². The van der Waals surface area contributed by atoms with Crippen molar-refractivity contribution in [1.82, 2.24) is 26.6 Å². The number of carboxylic acids is 2. The summed E-state index contributed by atoms with van der Waals surface area (Å²) in [5, 5.41) is 166. The minimum absolute atomic E-state index is 0.302. The maximum atomic E-state index is 14.1. The molecule has 0 saturated heterocycles. The van der Waals surface area contributed by atoms with E-state index in [0.29, 0.717) is 6.29 Å². The Hall–Kier alpha value is -5.30. The quantitative estimate of drug-likeness (QED) is 0.0252. The lowest BCUT2D eigenvalue weighted by Gasteiger charge is -2.26. The van der Waals surface area contributed by atoms with Crippen molar-refractivity contribution in [2.75, 3.05) is 39.5 Å². The molecule has 32 nitrogen and oxygen atoms in total. The molecule has 0 aromatic heterocycles. The summed E-state index contributed by atoms with van der Waals surface area (Å²) in [6.45, 7) is -3.35. The Labute approximate surface area is 447 Å². The highest BCUT2D eigenvalue weighted by Gasteiger charge is 2.35. The Morgan fingerprint density at radius 3 is 1.21 bits per heavy atom. The monoisotopic (exact) mass is 1130 g/mol. The van der Waals surface area contributed by atoms with Gasteiger partial charge in [-0.25, -0.2) is 0 Å². The number of aliphatic hydroxyl groups excluding tert-OH is 14. The van der Waals surface area contributed by atoms with Crippen molar-refractivity contribution in [1.29, 1.82) is 0 Å². The van der Waals surface area contributed by atoms with Crippen LogP contribution in [0.3, 0.4) is 0 Å². The normalized spacial score (nSPS) is 18.2. The number of nitrogens with one attached hydrogen (secondary N) is 5. The van der Waals surface area contributed by atoms with E-state index in [-0.39, 0.29) is 6.42 Å². The topological polar surface area (TPSA) is 581 Å². The van der Waals surface area contributed by atoms with Gasteiger partial charge >= 0.3 is 11.9 Å². The molecule has 0 saturated carbocycles. The molecule has 0 aromatic rings. The Balaban J connectivity index is 6.46. The van der Waals surface area contributed by atoms with Crippen LogP contribution in [0, 0.1) is 17.8 Å². The summed E-state index contributed by atoms with van der Waals surface area (Å²) in [5.41, 5.74) is 5.95. The third-order valence-electron chi connectivity index (χ3n) is 12.6. The summed E-state index contributed by atoms with van der Waals surface area (Å²) in [6, 6.07) is -5.03. The van der Waals surface area contributed by atoms with E-state index >= 15 is 0 Å². The smallest absolute Gasteiger partial charge is 0.303 e. The Kier molecular flexibility index (Phi) is 35.7. The summed E-state index contributed by atoms with van der Waals surface area (Å²) in [6.07, 6.45) is -27.3. The van der Waals surface area contributed by atoms with Crippen molar-refractivity contribution in [3.63, 3.8) is 0 Å². The molecule has 0 fully saturated rings. The van der Waals surface area contributed by atoms with Gasteiger partial charge in [0.05, 0.1) is 68.5 Å². The predicted molar refractivity (Wildman–Crippen MR) is 261 cm³/mol. The number of rotatable bonds is 44. The molecule has 17 atom stereocenters. The number of aliphatic hydroxyl groups is 14. The van der Waals surface area contributed by atoms with Crippen LogP contribution in [0.1, 0.15) is 84.0 Å². The SMILES string of the molecule is C[C@@H]([C@H](O)[C@@H](O)CNC(=O)CC[C@@H](C=O)CC(=O)[C@@H](CCC(=O)O)NC(=O)[C@H](CCC(=O)NC[C@H](O)[C@@H](O)[C@H](O)[C@H](O)CO)CC(=O)[C@@H](CCC(=O)O)NC(=O)[C@@H](N)CCC(=O)NC[C@H](O)[C@@H](O)[C@H](O)[C@H](O)CO)[C@H](O)CO. The molecular formula is C46H80N6O26. The number of nitrogens with two attached hydrogens (primary N) is 1. The summed E-state index contributed by atoms with van der Waals surface area (Å²) in [4.78, 5) is 128. The van der Waals surface area contributed by atoms with Crippen LogP contribution in [0.5, 0.6) is 0 Å². The van der Waals surface area contributed by atoms with E-state index in [4.69, 9.17) is 21.1 Å². The molecule has 0 aliphatic heterocycles. The average Bonchev–Trinajstić information content (AvgIpc) is 3.41. The van der Waals surface area contributed by atoms with Gasteiger partial charge in [0.15, 0.2) is 11.6 Å². The molecular weight excluding hydrogens is 1050 g/mol. The van der Waals surface area contributed by atoms with E-state index in [0.717, 1.165) is 0 Å². The summed E-state index contributed by atoms with van der Waals surface area (Å²) < 4.78 is 0. The van der Waals surface area contributed by atoms with Crippen LogP contribution in [-0.2, 0) is 47.9 Å². The number of amides is 5. The highest BCUT2D eigenvalue weighted by Crippen LogP contribution is 2.20. The van der Waals surface area contributed by atoms with Crippen LogP contribution in [0.15, 0.2) is 0 Å². The van der Waals surface area contributed by atoms with Crippen molar-refractivity contribution in [2.24, 2.45) is 23.5 Å². The fourth-order valence-electron chi connectivity index (χ4n) is 7.25. The highest BCUT2D eigenvalue weighted by molar-refractivity contribution is 5.96. The molecule has 78 heavy (non-hydrogen) atoms. The molecule has 450 valence electrons. The molecule has 0 aliphatic carbocycles. The second-order valence-electron chi connectivity index (χ2n) is 18.8. The van der Waals surface area contributed by atoms with Gasteiger partial charge in [-0.3, -0.25) is 43.2 Å². The van der Waals surface area contributed by atoms with Gasteiger partial charge in [-0.05, 0) is 32.1 Å². The number of ketones is 2. The molecule has 0 rings (SSSR count). The average molecular weight is 1130 g/mol. The van der Waals surface area contributed by atoms with Gasteiger partial charge in [-0.1, -0.05) is 6.92 Å². The number of carbonyl (C=O) groups excluding carboxylic acids is 8. The van der Waals surface area contributed by atoms with Gasteiger partial charge < -0.3 is 119 Å². The number of aliphatic carboxylic acids is 2. The van der Waals surface area contributed by atoms with Crippen molar-refractivity contribution in [2.45, 2.75) is 169 Å². The lowest BCUT2D eigenvalue weighted by atomic mass is 9.90. The second-order valence-corrected chi connectivity index (χ2v) is 18.8. The molecule has 0 aromatic carbocycles. The molecule has 5 amide bonds. The summed E-state index contributed by atoms with van der Waals surface area (Å²) in [7, 11) is 0. The molecule has 0 spiro atoms. The first kappa shape index (κ1) is 72.7. The van der Waals surface area contributed by atoms with Crippen molar-refractivity contribution in [3.8, 4) is 0 Å². The molecule has 0 unspecified atom stereocenters. The van der Waals surface area contributed by atoms with E-state index < -0.39 is 266 Å². The van der Waals surface area contributed by atoms with Crippen molar-refractivity contribution in [3.05, 3.63) is 0 Å². The lowest BCUT2D eigenvalue weighted by Crippen LogP contribution is -2.50. The molecule has 23 N–H and O–H groups in total. The maximum absolute atomic E-state index is 14.1. The van der Waals surface area contributed by atoms with Gasteiger partial charge in [-0.2, -0.15) is 0 Å². The van der Waals surface area contributed by atoms with E-state index in [2.05, 4.69) is 26.6 Å². The Bertz CT molecular complexity index is 1900. The van der Waals surface area contributed by atoms with E-state index in [1.54, 1.807) is 0 Å². The van der Waals surface area contributed by atoms with Gasteiger partial charge in [0.25, 0.3) is 0 Å². The lowest BCUT2D eigenvalue weighted by molar-refractivity contribution is -0.139. The first-order valence-electron chi connectivity index (χ1n) is 24.9. The first-order chi connectivity index (χ1) is 36.4. The van der Waals surface area contributed by atoms with Crippen LogP contribution >= 0.6 is 0 Å². The van der Waals surface area contributed by atoms with Crippen molar-refractivity contribution < 1.29 is 130 Å². The predicted octanol–water partition coefficient (Wildman–Crippen LogP) is -10.4. The van der Waals surface area contributed by atoms with Gasteiger partial charge in [0.1, 0.15) is 42.9 Å². The van der Waals surface area contributed by atoms with Gasteiger partial charge in [0, 0.05) is 82.3 Å². The summed E-state index contributed by atoms with van der Waals surface area (Å²) >= 11 is 0. The van der Waals surface area contributed by atoms with Gasteiger partial charge in [-0.15, -0.1) is 0 Å². The van der Waals surface area contributed by atoms with Crippen LogP contribution in [0.25, 0.3) is 0 Å². The number of hydrogen-bond donors (Lipinski definition) is 22. The zero-order valence-electron chi connectivity index (χ0n) is 42.9. The van der Waals surface area contributed by atoms with Crippen LogP contribution < -0.4 is 32.3 Å². The fourth-order valence-corrected chi connectivity index (χ4v) is 7.25. The Morgan fingerprint density at radius 1 is 0.449 bits per heavy atom. The fraction of sp³-hybridized carbons (Fsp3) is 0.783. The standard InChI is InChI=1S/C46H80N6O26/c1-21(32(62)18-54)40(72)29(59)14-48-35(65)7-2-22(17-53)12-27(57)25(5-10-38(68)69)51-45(77)23(3-8-36(66)49-15-30(60)41(73)43(75)33(63)19-55)13-28(58)26(6-11-39(70)71)52-46(78)24(47)4-9-37(67)50-16-31(61)42(74)44(76)34(64)20-56/h17,21-26,29-34,40-44,54-56,59-64,72-76H,2-16,18-20,47H2,1H3,(H,48,65)(H,49,66)(H,50,67)(H,51,77)(H,52,78)(H,68,69)(H,70,71)/t21-,22-,23-,24+,25-,26-,29+,30+,31+,32-,33-,34-,40+,41-,42-,43-,44-/m1/s1. The second kappa shape index (κ2) is 38.3. The minimum atomic E-state index is -2.10. The van der Waals surface area contributed by atoms with E-state index in [1.165, 1.54) is 6.92 Å². The molecule has 0 bridgehead atoms. The van der Waals surface area contributed by atoms with Crippen LogP contribution in [0.4, 0.5) is 0 Å². The maximum Gasteiger partial charge on any atom is 0.303 e. The minimum Gasteiger partial charge on any atom is -0.481 e. The van der Waals surface area contributed by atoms with E-state index in [1.807, 2.05) is 0 Å². The number of hydrogen-bond acceptors (Lipinski definition) is 25. The number of carbonyl (C=O) groups is 10. The largest absolute Gasteiger partial charge is 0.481 e. The number of carboxylic acid groups (broad SMARTS) is 2. The molecule has 0 aliphatic rings. The zero-order valence-corrected chi connectivity index (χ0v) is 42.9. The third kappa shape index (κ3) is 28.0. The zero-order chi connectivity index (χ0) is 60.0. The molecule has 0 heterocycles. The first-order valence-corrected chi connectivity index (χ1v) is 24.9.